The van der Waals surface area contributed by atoms with E-state index in [1.807, 2.05) is 30.3 Å². The molecule has 1 amide bonds. The molecule has 0 saturated heterocycles. The maximum atomic E-state index is 12.3. The van der Waals surface area contributed by atoms with Gasteiger partial charge in [0.2, 0.25) is 0 Å². The maximum absolute atomic E-state index is 12.3. The Balaban J connectivity index is 1.59. The Bertz CT molecular complexity index is 957. The van der Waals surface area contributed by atoms with Crippen LogP contribution in [0.1, 0.15) is 15.2 Å². The Morgan fingerprint density at radius 2 is 2.00 bits per heavy atom. The second-order valence-electron chi connectivity index (χ2n) is 4.95. The fourth-order valence-electron chi connectivity index (χ4n) is 2.38. The molecule has 0 saturated carbocycles. The molecule has 4 aromatic rings. The number of hydrogen-bond acceptors (Lipinski definition) is 4. The third kappa shape index (κ3) is 2.38. The average molecular weight is 324 g/mol. The summed E-state index contributed by atoms with van der Waals surface area (Å²) in [6.45, 7) is 0.499. The number of benzene rings is 1. The van der Waals surface area contributed by atoms with E-state index in [0.29, 0.717) is 6.54 Å². The number of aromatic nitrogens is 1. The van der Waals surface area contributed by atoms with E-state index in [1.165, 1.54) is 19.5 Å². The van der Waals surface area contributed by atoms with E-state index in [-0.39, 0.29) is 5.91 Å². The molecule has 0 spiro atoms. The van der Waals surface area contributed by atoms with E-state index in [0.717, 1.165) is 10.4 Å². The van der Waals surface area contributed by atoms with Crippen molar-refractivity contribution in [2.45, 2.75) is 6.54 Å². The lowest BCUT2D eigenvalue weighted by Crippen LogP contribution is -2.21. The van der Waals surface area contributed by atoms with Crippen LogP contribution in [-0.4, -0.2) is 10.9 Å². The van der Waals surface area contributed by atoms with E-state index in [2.05, 4.69) is 22.4 Å². The summed E-state index contributed by atoms with van der Waals surface area (Å²) < 4.78 is 3.65. The van der Waals surface area contributed by atoms with Crippen molar-refractivity contribution in [1.29, 1.82) is 0 Å². The summed E-state index contributed by atoms with van der Waals surface area (Å²) in [4.78, 5) is 17.1. The molecule has 0 aliphatic rings. The molecule has 1 N–H and O–H groups in total. The number of pyridine rings is 1. The molecule has 0 aliphatic heterocycles. The lowest BCUT2D eigenvalue weighted by atomic mass is 10.2. The number of hydrogen-bond donors (Lipinski definition) is 1. The van der Waals surface area contributed by atoms with Gasteiger partial charge < -0.3 is 5.32 Å². The number of carbonyl (C=O) groups excluding carboxylic acids is 1. The third-order valence-electron chi connectivity index (χ3n) is 3.45. The molecule has 0 unspecified atom stereocenters. The summed E-state index contributed by atoms with van der Waals surface area (Å²) in [5.74, 6) is -0.0265. The quantitative estimate of drug-likeness (QED) is 0.605. The van der Waals surface area contributed by atoms with Gasteiger partial charge >= 0.3 is 0 Å². The highest BCUT2D eigenvalue weighted by atomic mass is 32.1. The van der Waals surface area contributed by atoms with Gasteiger partial charge in [0.15, 0.2) is 0 Å². The van der Waals surface area contributed by atoms with Crippen LogP contribution in [0.2, 0.25) is 0 Å². The molecule has 5 heteroatoms. The zero-order chi connectivity index (χ0) is 14.9. The molecule has 0 atom stereocenters. The molecule has 3 nitrogen and oxygen atoms in total. The lowest BCUT2D eigenvalue weighted by molar-refractivity contribution is 0.0955. The summed E-state index contributed by atoms with van der Waals surface area (Å²) in [5.41, 5.74) is 1.000. The van der Waals surface area contributed by atoms with Gasteiger partial charge in [-0.1, -0.05) is 24.3 Å². The zero-order valence-electron chi connectivity index (χ0n) is 11.6. The second kappa shape index (κ2) is 5.51. The maximum Gasteiger partial charge on any atom is 0.261 e. The average Bonchev–Trinajstić information content (AvgIpc) is 3.11. The van der Waals surface area contributed by atoms with Crippen molar-refractivity contribution in [3.8, 4) is 0 Å². The Kier molecular flexibility index (Phi) is 3.36. The first-order valence-corrected chi connectivity index (χ1v) is 8.53. The first kappa shape index (κ1) is 13.4. The van der Waals surface area contributed by atoms with Gasteiger partial charge in [0.05, 0.1) is 9.58 Å². The van der Waals surface area contributed by atoms with E-state index in [4.69, 9.17) is 0 Å². The predicted molar refractivity (Wildman–Crippen MR) is 92.6 cm³/mol. The molecule has 108 valence electrons. The highest BCUT2D eigenvalue weighted by molar-refractivity contribution is 7.33. The number of thiophene rings is 2. The highest BCUT2D eigenvalue weighted by Crippen LogP contribution is 2.39. The molecule has 22 heavy (non-hydrogen) atoms. The highest BCUT2D eigenvalue weighted by Gasteiger charge is 2.13. The van der Waals surface area contributed by atoms with Gasteiger partial charge in [-0.15, -0.1) is 22.7 Å². The van der Waals surface area contributed by atoms with Crippen LogP contribution in [0, 0.1) is 0 Å². The Morgan fingerprint density at radius 3 is 2.86 bits per heavy atom. The smallest absolute Gasteiger partial charge is 0.261 e. The van der Waals surface area contributed by atoms with Crippen molar-refractivity contribution in [2.24, 2.45) is 0 Å². The number of nitrogens with zero attached hydrogens (tertiary/aromatic N) is 1. The van der Waals surface area contributed by atoms with Crippen LogP contribution in [0.4, 0.5) is 0 Å². The van der Waals surface area contributed by atoms with Crippen LogP contribution in [-0.2, 0) is 6.54 Å². The third-order valence-corrected chi connectivity index (χ3v) is 5.86. The molecule has 0 fully saturated rings. The lowest BCUT2D eigenvalue weighted by Gasteiger charge is -2.02. The summed E-state index contributed by atoms with van der Waals surface area (Å²) in [5, 5.41) is 4.19. The summed E-state index contributed by atoms with van der Waals surface area (Å²) in [7, 11) is 0. The van der Waals surface area contributed by atoms with Crippen molar-refractivity contribution in [1.82, 2.24) is 10.3 Å². The first-order valence-electron chi connectivity index (χ1n) is 6.89. The predicted octanol–water partition coefficient (Wildman–Crippen LogP) is 4.44. The first-order chi connectivity index (χ1) is 10.8. The van der Waals surface area contributed by atoms with Crippen LogP contribution in [0.3, 0.4) is 0 Å². The largest absolute Gasteiger partial charge is 0.347 e. The topological polar surface area (TPSA) is 42.0 Å². The van der Waals surface area contributed by atoms with Gasteiger partial charge in [-0.3, -0.25) is 9.78 Å². The van der Waals surface area contributed by atoms with Gasteiger partial charge in [-0.2, -0.15) is 0 Å². The minimum absolute atomic E-state index is 0.0265. The van der Waals surface area contributed by atoms with Crippen molar-refractivity contribution in [3.05, 3.63) is 65.3 Å². The molecule has 0 bridgehead atoms. The zero-order valence-corrected chi connectivity index (χ0v) is 13.2. The van der Waals surface area contributed by atoms with Gasteiger partial charge in [0.1, 0.15) is 0 Å². The van der Waals surface area contributed by atoms with Crippen LogP contribution in [0.25, 0.3) is 19.5 Å². The van der Waals surface area contributed by atoms with Crippen molar-refractivity contribution in [2.75, 3.05) is 0 Å². The molecule has 0 aliphatic carbocycles. The number of carbonyl (C=O) groups is 1. The van der Waals surface area contributed by atoms with E-state index < -0.39 is 0 Å². The Hall–Kier alpha value is -2.24. The van der Waals surface area contributed by atoms with E-state index in [9.17, 15) is 4.79 Å². The molecule has 3 aromatic heterocycles. The van der Waals surface area contributed by atoms with Crippen LogP contribution < -0.4 is 5.32 Å². The standard InChI is InChI=1S/C17H12N2OS2/c20-17(19-10-11-4-3-7-18-9-11)15-8-14-16(22-15)12-5-1-2-6-13(12)21-14/h1-9H,10H2,(H,19,20). The Morgan fingerprint density at radius 1 is 1.09 bits per heavy atom. The molecule has 0 radical (unpaired) electrons. The number of fused-ring (bicyclic) bond motifs is 3. The Labute approximate surface area is 135 Å². The van der Waals surface area contributed by atoms with Crippen molar-refractivity contribution < 1.29 is 4.79 Å². The number of nitrogens with one attached hydrogen (secondary N) is 1. The fourth-order valence-corrected chi connectivity index (χ4v) is 4.82. The van der Waals surface area contributed by atoms with Crippen LogP contribution in [0.15, 0.2) is 54.9 Å². The monoisotopic (exact) mass is 324 g/mol. The molecule has 3 heterocycles. The second-order valence-corrected chi connectivity index (χ2v) is 7.08. The number of amides is 1. The van der Waals surface area contributed by atoms with Crippen molar-refractivity contribution in [3.63, 3.8) is 0 Å². The minimum atomic E-state index is -0.0265. The van der Waals surface area contributed by atoms with Gasteiger partial charge in [-0.05, 0) is 23.8 Å². The number of rotatable bonds is 3. The van der Waals surface area contributed by atoms with Gasteiger partial charge in [-0.25, -0.2) is 0 Å². The molecule has 4 rings (SSSR count). The van der Waals surface area contributed by atoms with E-state index in [1.54, 1.807) is 35.1 Å². The molecular formula is C17H12N2OS2. The summed E-state index contributed by atoms with van der Waals surface area (Å²) in [6.07, 6.45) is 3.49. The minimum Gasteiger partial charge on any atom is -0.347 e. The van der Waals surface area contributed by atoms with Gasteiger partial charge in [0, 0.05) is 33.7 Å². The summed E-state index contributed by atoms with van der Waals surface area (Å²) >= 11 is 3.29. The van der Waals surface area contributed by atoms with Gasteiger partial charge in [0.25, 0.3) is 5.91 Å². The molecular weight excluding hydrogens is 312 g/mol. The van der Waals surface area contributed by atoms with Crippen molar-refractivity contribution >= 4 is 48.1 Å². The van der Waals surface area contributed by atoms with Crippen LogP contribution >= 0.6 is 22.7 Å². The normalized spacial score (nSPS) is 11.1. The summed E-state index contributed by atoms with van der Waals surface area (Å²) in [6, 6.07) is 14.1. The van der Waals surface area contributed by atoms with E-state index >= 15 is 0 Å². The van der Waals surface area contributed by atoms with Crippen LogP contribution in [0.5, 0.6) is 0 Å². The SMILES string of the molecule is O=C(NCc1cccnc1)c1cc2sc3ccccc3c2s1. The molecule has 1 aromatic carbocycles. The fraction of sp³-hybridized carbons (Fsp3) is 0.0588.